The summed E-state index contributed by atoms with van der Waals surface area (Å²) in [5.41, 5.74) is 1.58. The summed E-state index contributed by atoms with van der Waals surface area (Å²) in [7, 11) is 0. The van der Waals surface area contributed by atoms with Crippen molar-refractivity contribution in [3.05, 3.63) is 29.3 Å². The van der Waals surface area contributed by atoms with Crippen LogP contribution in [-0.4, -0.2) is 22.6 Å². The first-order valence-corrected chi connectivity index (χ1v) is 7.33. The zero-order valence-corrected chi connectivity index (χ0v) is 12.5. The topological polar surface area (TPSA) is 78.4 Å². The van der Waals surface area contributed by atoms with E-state index >= 15 is 0 Å². The average Bonchev–Trinajstić information content (AvgIpc) is 2.43. The van der Waals surface area contributed by atoms with Crippen molar-refractivity contribution in [2.24, 2.45) is 0 Å². The fourth-order valence-corrected chi connectivity index (χ4v) is 2.79. The Kier molecular flexibility index (Phi) is 4.50. The molecule has 1 fully saturated rings. The van der Waals surface area contributed by atoms with Gasteiger partial charge in [-0.3, -0.25) is 0 Å². The maximum absolute atomic E-state index is 12.2. The maximum Gasteiger partial charge on any atom is 0.329 e. The van der Waals surface area contributed by atoms with Crippen LogP contribution in [0.3, 0.4) is 0 Å². The third-order valence-electron chi connectivity index (χ3n) is 4.11. The number of nitrogens with one attached hydrogen (secondary N) is 2. The van der Waals surface area contributed by atoms with E-state index < -0.39 is 17.5 Å². The molecule has 1 aromatic rings. The van der Waals surface area contributed by atoms with Gasteiger partial charge in [0.25, 0.3) is 0 Å². The van der Waals surface area contributed by atoms with Gasteiger partial charge in [0.1, 0.15) is 5.54 Å². The molecule has 0 radical (unpaired) electrons. The van der Waals surface area contributed by atoms with Gasteiger partial charge in [0, 0.05) is 5.69 Å². The van der Waals surface area contributed by atoms with Crippen molar-refractivity contribution < 1.29 is 14.7 Å². The van der Waals surface area contributed by atoms with Crippen LogP contribution in [-0.2, 0) is 4.79 Å². The van der Waals surface area contributed by atoms with Crippen molar-refractivity contribution in [1.29, 1.82) is 0 Å². The van der Waals surface area contributed by atoms with Gasteiger partial charge in [0.05, 0.1) is 0 Å². The predicted molar refractivity (Wildman–Crippen MR) is 81.5 cm³/mol. The molecule has 0 bridgehead atoms. The van der Waals surface area contributed by atoms with E-state index in [-0.39, 0.29) is 0 Å². The molecule has 0 aliphatic heterocycles. The number of amides is 2. The second kappa shape index (κ2) is 6.16. The highest BCUT2D eigenvalue weighted by Gasteiger charge is 2.41. The lowest BCUT2D eigenvalue weighted by Crippen LogP contribution is -2.56. The Balaban J connectivity index is 2.09. The van der Waals surface area contributed by atoms with Gasteiger partial charge in [-0.1, -0.05) is 31.4 Å². The highest BCUT2D eigenvalue weighted by molar-refractivity contribution is 5.94. The molecule has 1 aliphatic rings. The molecule has 1 aliphatic carbocycles. The minimum atomic E-state index is -1.12. The van der Waals surface area contributed by atoms with Crippen LogP contribution in [0.1, 0.15) is 43.2 Å². The van der Waals surface area contributed by atoms with Gasteiger partial charge < -0.3 is 15.7 Å². The number of benzene rings is 1. The van der Waals surface area contributed by atoms with Crippen LogP contribution in [0.15, 0.2) is 18.2 Å². The smallest absolute Gasteiger partial charge is 0.329 e. The Bertz CT molecular complexity index is 548. The fraction of sp³-hybridized carbons (Fsp3) is 0.500. The van der Waals surface area contributed by atoms with Crippen LogP contribution in [0.4, 0.5) is 10.5 Å². The lowest BCUT2D eigenvalue weighted by molar-refractivity contribution is -0.145. The summed E-state index contributed by atoms with van der Waals surface area (Å²) in [5.74, 6) is -0.946. The van der Waals surface area contributed by atoms with Gasteiger partial charge in [-0.05, 0) is 43.9 Å². The molecule has 0 spiro atoms. The zero-order chi connectivity index (χ0) is 15.5. The van der Waals surface area contributed by atoms with Gasteiger partial charge >= 0.3 is 12.0 Å². The van der Waals surface area contributed by atoms with Crippen LogP contribution in [0.25, 0.3) is 0 Å². The van der Waals surface area contributed by atoms with Crippen molar-refractivity contribution >= 4 is 17.7 Å². The summed E-state index contributed by atoms with van der Waals surface area (Å²) in [6.45, 7) is 3.85. The van der Waals surface area contributed by atoms with E-state index in [1.165, 1.54) is 0 Å². The molecule has 0 aromatic heterocycles. The number of aryl methyl sites for hydroxylation is 2. The number of carbonyl (C=O) groups is 2. The molecule has 1 saturated carbocycles. The van der Waals surface area contributed by atoms with Crippen LogP contribution < -0.4 is 10.6 Å². The minimum Gasteiger partial charge on any atom is -0.480 e. The Labute approximate surface area is 124 Å². The molecule has 0 saturated heterocycles. The molecule has 0 unspecified atom stereocenters. The van der Waals surface area contributed by atoms with Crippen molar-refractivity contribution in [2.75, 3.05) is 5.32 Å². The lowest BCUT2D eigenvalue weighted by Gasteiger charge is -2.33. The van der Waals surface area contributed by atoms with E-state index in [0.29, 0.717) is 18.5 Å². The largest absolute Gasteiger partial charge is 0.480 e. The summed E-state index contributed by atoms with van der Waals surface area (Å²) < 4.78 is 0. The van der Waals surface area contributed by atoms with Crippen LogP contribution in [0.2, 0.25) is 0 Å². The van der Waals surface area contributed by atoms with Gasteiger partial charge in [0.15, 0.2) is 0 Å². The Morgan fingerprint density at radius 1 is 1.14 bits per heavy atom. The lowest BCUT2D eigenvalue weighted by atomic mass is 9.82. The number of carbonyl (C=O) groups excluding carboxylic acids is 1. The van der Waals surface area contributed by atoms with E-state index in [1.54, 1.807) is 0 Å². The van der Waals surface area contributed by atoms with Gasteiger partial charge in [-0.25, -0.2) is 9.59 Å². The molecule has 21 heavy (non-hydrogen) atoms. The monoisotopic (exact) mass is 290 g/mol. The highest BCUT2D eigenvalue weighted by Crippen LogP contribution is 2.28. The van der Waals surface area contributed by atoms with Gasteiger partial charge in [-0.2, -0.15) is 0 Å². The van der Waals surface area contributed by atoms with E-state index in [1.807, 2.05) is 32.0 Å². The van der Waals surface area contributed by atoms with E-state index in [4.69, 9.17) is 0 Å². The highest BCUT2D eigenvalue weighted by atomic mass is 16.4. The van der Waals surface area contributed by atoms with Crippen LogP contribution in [0, 0.1) is 13.8 Å². The van der Waals surface area contributed by atoms with E-state index in [2.05, 4.69) is 10.6 Å². The number of hydrogen-bond acceptors (Lipinski definition) is 2. The summed E-state index contributed by atoms with van der Waals surface area (Å²) in [5, 5.41) is 14.9. The molecular weight excluding hydrogens is 268 g/mol. The first kappa shape index (κ1) is 15.4. The Morgan fingerprint density at radius 3 is 2.43 bits per heavy atom. The number of anilines is 1. The Hall–Kier alpha value is -2.04. The average molecular weight is 290 g/mol. The van der Waals surface area contributed by atoms with Crippen LogP contribution in [0.5, 0.6) is 0 Å². The molecule has 5 heteroatoms. The molecule has 2 rings (SSSR count). The number of urea groups is 1. The van der Waals surface area contributed by atoms with Crippen molar-refractivity contribution in [1.82, 2.24) is 5.32 Å². The minimum absolute atomic E-state index is 0.451. The van der Waals surface area contributed by atoms with Crippen LogP contribution >= 0.6 is 0 Å². The summed E-state index contributed by atoms with van der Waals surface area (Å²) in [4.78, 5) is 23.7. The number of hydrogen-bond donors (Lipinski definition) is 3. The SMILES string of the molecule is Cc1ccc(C)c(NC(=O)NC2(C(=O)O)CCCCC2)c1. The second-order valence-electron chi connectivity index (χ2n) is 5.85. The van der Waals surface area contributed by atoms with E-state index in [0.717, 1.165) is 30.4 Å². The molecule has 1 aromatic carbocycles. The molecule has 5 nitrogen and oxygen atoms in total. The first-order valence-electron chi connectivity index (χ1n) is 7.33. The summed E-state index contributed by atoms with van der Waals surface area (Å²) >= 11 is 0. The molecule has 2 amide bonds. The van der Waals surface area contributed by atoms with Crippen molar-refractivity contribution in [3.8, 4) is 0 Å². The van der Waals surface area contributed by atoms with E-state index in [9.17, 15) is 14.7 Å². The number of carboxylic acid groups (broad SMARTS) is 1. The molecule has 3 N–H and O–H groups in total. The third kappa shape index (κ3) is 3.54. The van der Waals surface area contributed by atoms with Crippen molar-refractivity contribution in [2.45, 2.75) is 51.5 Å². The maximum atomic E-state index is 12.2. The third-order valence-corrected chi connectivity index (χ3v) is 4.11. The summed E-state index contributed by atoms with van der Waals surface area (Å²) in [6, 6.07) is 5.33. The zero-order valence-electron chi connectivity index (χ0n) is 12.5. The second-order valence-corrected chi connectivity index (χ2v) is 5.85. The molecular formula is C16H22N2O3. The number of rotatable bonds is 3. The standard InChI is InChI=1S/C16H22N2O3/c1-11-6-7-12(2)13(10-11)17-15(21)18-16(14(19)20)8-4-3-5-9-16/h6-7,10H,3-5,8-9H2,1-2H3,(H,19,20)(H2,17,18,21). The van der Waals surface area contributed by atoms with Gasteiger partial charge in [-0.15, -0.1) is 0 Å². The van der Waals surface area contributed by atoms with Crippen molar-refractivity contribution in [3.63, 3.8) is 0 Å². The fourth-order valence-electron chi connectivity index (χ4n) is 2.79. The summed E-state index contributed by atoms with van der Waals surface area (Å²) in [6.07, 6.45) is 3.66. The molecule has 0 atom stereocenters. The predicted octanol–water partition coefficient (Wildman–Crippen LogP) is 3.21. The quantitative estimate of drug-likeness (QED) is 0.799. The molecule has 114 valence electrons. The number of carboxylic acids is 1. The first-order chi connectivity index (χ1) is 9.93. The number of aliphatic carboxylic acids is 1. The Morgan fingerprint density at radius 2 is 1.81 bits per heavy atom. The molecule has 0 heterocycles. The normalized spacial score (nSPS) is 17.0. The van der Waals surface area contributed by atoms with Gasteiger partial charge in [0.2, 0.25) is 0 Å².